The first-order valence-corrected chi connectivity index (χ1v) is 4.61. The third kappa shape index (κ3) is 2.35. The first-order valence-electron chi connectivity index (χ1n) is 4.07. The van der Waals surface area contributed by atoms with Gasteiger partial charge in [-0.1, -0.05) is 0 Å². The number of halogens is 3. The van der Waals surface area contributed by atoms with Crippen molar-refractivity contribution in [1.82, 2.24) is 4.98 Å². The summed E-state index contributed by atoms with van der Waals surface area (Å²) in [6.45, 7) is 0. The Morgan fingerprint density at radius 3 is 2.69 bits per heavy atom. The summed E-state index contributed by atoms with van der Waals surface area (Å²) in [5.74, 6) is -1.01. The molecule has 1 heterocycles. The van der Waals surface area contributed by atoms with Crippen LogP contribution in [0.4, 0.5) is 14.6 Å². The molecule has 0 saturated heterocycles. The van der Waals surface area contributed by atoms with Crippen LogP contribution in [0.2, 0.25) is 0 Å². The van der Waals surface area contributed by atoms with Gasteiger partial charge < -0.3 is 14.9 Å². The number of hydrogen-bond donors (Lipinski definition) is 0. The Labute approximate surface area is 94.1 Å². The molecule has 0 aliphatic carbocycles. The molecule has 0 amide bonds. The van der Waals surface area contributed by atoms with Gasteiger partial charge in [0.25, 0.3) is 0 Å². The maximum atomic E-state index is 12.6. The highest BCUT2D eigenvalue weighted by molar-refractivity contribution is 6.17. The van der Waals surface area contributed by atoms with Gasteiger partial charge in [-0.25, -0.2) is 8.78 Å². The van der Waals surface area contributed by atoms with Crippen molar-refractivity contribution < 1.29 is 18.4 Å². The molecule has 1 aromatic rings. The van der Waals surface area contributed by atoms with Crippen molar-refractivity contribution in [3.63, 3.8) is 0 Å². The molecule has 0 atom stereocenters. The Morgan fingerprint density at radius 2 is 2.31 bits per heavy atom. The van der Waals surface area contributed by atoms with E-state index in [1.807, 2.05) is 0 Å². The van der Waals surface area contributed by atoms with E-state index in [-0.39, 0.29) is 17.2 Å². The molecule has 0 saturated carbocycles. The van der Waals surface area contributed by atoms with Gasteiger partial charge in [0.15, 0.2) is 0 Å². The number of methoxy groups -OCH3 is 1. The number of pyridine rings is 1. The summed E-state index contributed by atoms with van der Waals surface area (Å²) in [6, 6.07) is 0.962. The zero-order valence-corrected chi connectivity index (χ0v) is 8.87. The maximum absolute atomic E-state index is 12.6. The lowest BCUT2D eigenvalue weighted by Crippen LogP contribution is -2.04. The average Bonchev–Trinajstić information content (AvgIpc) is 2.26. The molecular formula is C8H7ClF2N2O3. The van der Waals surface area contributed by atoms with E-state index < -0.39 is 22.9 Å². The monoisotopic (exact) mass is 252 g/mol. The quantitative estimate of drug-likeness (QED) is 0.469. The molecule has 1 rings (SSSR count). The van der Waals surface area contributed by atoms with Crippen molar-refractivity contribution in [3.05, 3.63) is 27.4 Å². The fourth-order valence-corrected chi connectivity index (χ4v) is 1.41. The van der Waals surface area contributed by atoms with Gasteiger partial charge in [-0.15, -0.1) is 11.6 Å². The number of aromatic nitrogens is 1. The van der Waals surface area contributed by atoms with Crippen LogP contribution in [0.5, 0.6) is 5.75 Å². The van der Waals surface area contributed by atoms with Crippen molar-refractivity contribution in [2.45, 2.75) is 12.3 Å². The smallest absolute Gasteiger partial charge is 0.367 e. The lowest BCUT2D eigenvalue weighted by Gasteiger charge is -2.07. The maximum Gasteiger partial charge on any atom is 0.367 e. The minimum Gasteiger partial charge on any atom is -0.496 e. The van der Waals surface area contributed by atoms with Crippen LogP contribution in [0, 0.1) is 10.1 Å². The summed E-state index contributed by atoms with van der Waals surface area (Å²) in [5.41, 5.74) is -0.759. The molecule has 0 aromatic carbocycles. The van der Waals surface area contributed by atoms with E-state index in [1.54, 1.807) is 0 Å². The van der Waals surface area contributed by atoms with Crippen LogP contribution in [0.3, 0.4) is 0 Å². The fourth-order valence-electron chi connectivity index (χ4n) is 1.14. The third-order valence-electron chi connectivity index (χ3n) is 1.85. The van der Waals surface area contributed by atoms with Gasteiger partial charge in [0.05, 0.1) is 24.6 Å². The number of hydrogen-bond acceptors (Lipinski definition) is 4. The SMILES string of the molecule is COc1cc([N+](=O)[O-])nc(C(F)F)c1CCl. The molecule has 0 spiro atoms. The zero-order valence-electron chi connectivity index (χ0n) is 8.11. The predicted molar refractivity (Wildman–Crippen MR) is 52.0 cm³/mol. The highest BCUT2D eigenvalue weighted by atomic mass is 35.5. The molecule has 0 aliphatic heterocycles. The van der Waals surface area contributed by atoms with E-state index >= 15 is 0 Å². The Kier molecular flexibility index (Phi) is 3.94. The van der Waals surface area contributed by atoms with Crippen molar-refractivity contribution in [2.24, 2.45) is 0 Å². The molecule has 0 fully saturated rings. The Hall–Kier alpha value is -1.50. The van der Waals surface area contributed by atoms with Gasteiger partial charge in [0, 0.05) is 0 Å². The summed E-state index contributed by atoms with van der Waals surface area (Å²) in [6.07, 6.45) is -2.94. The second-order valence-electron chi connectivity index (χ2n) is 2.74. The van der Waals surface area contributed by atoms with Crippen LogP contribution < -0.4 is 4.74 Å². The molecule has 0 unspecified atom stereocenters. The van der Waals surface area contributed by atoms with Gasteiger partial charge >= 0.3 is 12.2 Å². The molecule has 0 N–H and O–H groups in total. The minimum atomic E-state index is -2.94. The second-order valence-corrected chi connectivity index (χ2v) is 3.01. The van der Waals surface area contributed by atoms with Gasteiger partial charge in [0.1, 0.15) is 5.75 Å². The van der Waals surface area contributed by atoms with Crippen molar-refractivity contribution >= 4 is 17.4 Å². The Morgan fingerprint density at radius 1 is 1.69 bits per heavy atom. The van der Waals surface area contributed by atoms with Crippen LogP contribution in [0.25, 0.3) is 0 Å². The number of rotatable bonds is 4. The van der Waals surface area contributed by atoms with Crippen LogP contribution >= 0.6 is 11.6 Å². The Balaban J connectivity index is 3.43. The Bertz CT molecular complexity index is 415. The molecular weight excluding hydrogens is 246 g/mol. The van der Waals surface area contributed by atoms with Crippen molar-refractivity contribution in [2.75, 3.05) is 7.11 Å². The summed E-state index contributed by atoms with van der Waals surface area (Å²) in [5, 5.41) is 10.5. The molecule has 16 heavy (non-hydrogen) atoms. The lowest BCUT2D eigenvalue weighted by molar-refractivity contribution is -0.389. The molecule has 0 aliphatic rings. The molecule has 8 heteroatoms. The van der Waals surface area contributed by atoms with Gasteiger partial charge in [-0.3, -0.25) is 0 Å². The summed E-state index contributed by atoms with van der Waals surface area (Å²) < 4.78 is 29.9. The first kappa shape index (κ1) is 12.6. The van der Waals surface area contributed by atoms with Gasteiger partial charge in [-0.2, -0.15) is 0 Å². The predicted octanol–water partition coefficient (Wildman–Crippen LogP) is 2.67. The minimum absolute atomic E-state index is 0.0373. The van der Waals surface area contributed by atoms with E-state index in [9.17, 15) is 18.9 Å². The van der Waals surface area contributed by atoms with Gasteiger partial charge in [-0.05, 0) is 9.91 Å². The molecule has 88 valence electrons. The standard InChI is InChI=1S/C8H7ClF2N2O3/c1-16-5-2-6(13(14)15)12-7(8(10)11)4(5)3-9/h2,8H,3H2,1H3. The number of nitrogens with zero attached hydrogens (tertiary/aromatic N) is 2. The average molecular weight is 253 g/mol. The zero-order chi connectivity index (χ0) is 12.3. The van der Waals surface area contributed by atoms with E-state index in [2.05, 4.69) is 4.98 Å². The summed E-state index contributed by atoms with van der Waals surface area (Å²) >= 11 is 5.47. The van der Waals surface area contributed by atoms with E-state index in [4.69, 9.17) is 16.3 Å². The van der Waals surface area contributed by atoms with Crippen LogP contribution in [0.1, 0.15) is 17.7 Å². The second kappa shape index (κ2) is 5.02. The van der Waals surface area contributed by atoms with E-state index in [0.29, 0.717) is 0 Å². The van der Waals surface area contributed by atoms with Crippen LogP contribution in [-0.2, 0) is 5.88 Å². The molecule has 0 radical (unpaired) electrons. The largest absolute Gasteiger partial charge is 0.496 e. The highest BCUT2D eigenvalue weighted by Gasteiger charge is 2.27. The normalized spacial score (nSPS) is 10.6. The highest BCUT2D eigenvalue weighted by Crippen LogP contribution is 2.32. The fraction of sp³-hybridized carbons (Fsp3) is 0.375. The molecule has 0 bridgehead atoms. The summed E-state index contributed by atoms with van der Waals surface area (Å²) in [7, 11) is 1.21. The van der Waals surface area contributed by atoms with Crippen molar-refractivity contribution in [3.8, 4) is 5.75 Å². The third-order valence-corrected chi connectivity index (χ3v) is 2.12. The molecule has 1 aromatic heterocycles. The van der Waals surface area contributed by atoms with Crippen molar-refractivity contribution in [1.29, 1.82) is 0 Å². The number of ether oxygens (including phenoxy) is 1. The first-order chi connectivity index (χ1) is 7.51. The topological polar surface area (TPSA) is 65.3 Å². The molecule has 5 nitrogen and oxygen atoms in total. The van der Waals surface area contributed by atoms with Crippen LogP contribution in [0.15, 0.2) is 6.07 Å². The lowest BCUT2D eigenvalue weighted by atomic mass is 10.2. The number of nitro groups is 1. The number of alkyl halides is 3. The van der Waals surface area contributed by atoms with Gasteiger partial charge in [0.2, 0.25) is 5.69 Å². The van der Waals surface area contributed by atoms with E-state index in [1.165, 1.54) is 7.11 Å². The summed E-state index contributed by atoms with van der Waals surface area (Å²) in [4.78, 5) is 12.8. The van der Waals surface area contributed by atoms with E-state index in [0.717, 1.165) is 6.07 Å². The van der Waals surface area contributed by atoms with Crippen LogP contribution in [-0.4, -0.2) is 17.0 Å².